The summed E-state index contributed by atoms with van der Waals surface area (Å²) < 4.78 is 5.12. The van der Waals surface area contributed by atoms with Crippen molar-refractivity contribution in [2.75, 3.05) is 18.6 Å². The lowest BCUT2D eigenvalue weighted by Gasteiger charge is -2.17. The molecule has 1 aliphatic rings. The van der Waals surface area contributed by atoms with Crippen molar-refractivity contribution in [1.82, 2.24) is 0 Å². The fourth-order valence-electron chi connectivity index (χ4n) is 2.81. The number of amides is 1. The van der Waals surface area contributed by atoms with Gasteiger partial charge < -0.3 is 9.64 Å². The summed E-state index contributed by atoms with van der Waals surface area (Å²) in [5.41, 5.74) is 1.84. The van der Waals surface area contributed by atoms with Crippen LogP contribution in [0, 0.1) is 10.1 Å². The molecule has 2 aromatic carbocycles. The number of benzene rings is 2. The zero-order chi connectivity index (χ0) is 16.4. The van der Waals surface area contributed by atoms with E-state index in [2.05, 4.69) is 0 Å². The summed E-state index contributed by atoms with van der Waals surface area (Å²) in [6, 6.07) is 13.8. The number of carbonyl (C=O) groups excluding carboxylic acids is 1. The molecule has 1 amide bonds. The van der Waals surface area contributed by atoms with Crippen LogP contribution < -0.4 is 9.64 Å². The largest absolute Gasteiger partial charge is 0.497 e. The van der Waals surface area contributed by atoms with E-state index < -0.39 is 4.92 Å². The van der Waals surface area contributed by atoms with Gasteiger partial charge in [0.25, 0.3) is 5.69 Å². The maximum atomic E-state index is 12.3. The summed E-state index contributed by atoms with van der Waals surface area (Å²) >= 11 is 0. The molecule has 0 radical (unpaired) electrons. The van der Waals surface area contributed by atoms with Gasteiger partial charge in [-0.05, 0) is 29.8 Å². The smallest absolute Gasteiger partial charge is 0.269 e. The van der Waals surface area contributed by atoms with Crippen LogP contribution in [0.25, 0.3) is 0 Å². The maximum absolute atomic E-state index is 12.3. The van der Waals surface area contributed by atoms with Crippen LogP contribution in [-0.2, 0) is 4.79 Å². The van der Waals surface area contributed by atoms with Gasteiger partial charge in [0.05, 0.1) is 12.0 Å². The third kappa shape index (κ3) is 3.01. The molecule has 0 unspecified atom stereocenters. The van der Waals surface area contributed by atoms with E-state index in [9.17, 15) is 14.9 Å². The molecule has 1 atom stereocenters. The Balaban J connectivity index is 1.77. The number of methoxy groups -OCH3 is 1. The Labute approximate surface area is 133 Å². The number of non-ortho nitro benzene ring substituents is 1. The minimum Gasteiger partial charge on any atom is -0.497 e. The maximum Gasteiger partial charge on any atom is 0.269 e. The van der Waals surface area contributed by atoms with E-state index in [1.54, 1.807) is 24.1 Å². The highest BCUT2D eigenvalue weighted by molar-refractivity contribution is 5.96. The van der Waals surface area contributed by atoms with E-state index in [0.29, 0.717) is 13.0 Å². The van der Waals surface area contributed by atoms with Crippen molar-refractivity contribution >= 4 is 17.3 Å². The fourth-order valence-corrected chi connectivity index (χ4v) is 2.81. The molecular formula is C17H16N2O4. The number of hydrogen-bond donors (Lipinski definition) is 0. The molecule has 0 aromatic heterocycles. The molecule has 0 bridgehead atoms. The molecule has 0 N–H and O–H groups in total. The molecule has 0 saturated carbocycles. The highest BCUT2D eigenvalue weighted by Crippen LogP contribution is 2.33. The molecular weight excluding hydrogens is 296 g/mol. The minimum absolute atomic E-state index is 0.0467. The monoisotopic (exact) mass is 312 g/mol. The van der Waals surface area contributed by atoms with Gasteiger partial charge in [-0.25, -0.2) is 0 Å². The van der Waals surface area contributed by atoms with Crippen molar-refractivity contribution in [2.24, 2.45) is 0 Å². The summed E-state index contributed by atoms with van der Waals surface area (Å²) in [6.07, 6.45) is 0.407. The lowest BCUT2D eigenvalue weighted by Crippen LogP contribution is -2.24. The standard InChI is InChI=1S/C17H16N2O4/c1-23-16-8-6-14(7-9-16)18-11-13(10-17(18)20)12-2-4-15(5-3-12)19(21)22/h2-9,13H,10-11H2,1H3/t13-/m0/s1. The van der Waals surface area contributed by atoms with Crippen molar-refractivity contribution in [2.45, 2.75) is 12.3 Å². The number of anilines is 1. The van der Waals surface area contributed by atoms with E-state index >= 15 is 0 Å². The number of rotatable bonds is 4. The molecule has 0 aliphatic carbocycles. The van der Waals surface area contributed by atoms with E-state index in [-0.39, 0.29) is 17.5 Å². The van der Waals surface area contributed by atoms with Crippen LogP contribution in [0.1, 0.15) is 17.9 Å². The Kier molecular flexibility index (Phi) is 3.97. The average Bonchev–Trinajstić information content (AvgIpc) is 2.97. The molecule has 0 spiro atoms. The van der Waals surface area contributed by atoms with Gasteiger partial charge in [0.1, 0.15) is 5.75 Å². The second kappa shape index (κ2) is 6.08. The Morgan fingerprint density at radius 2 is 1.78 bits per heavy atom. The number of carbonyl (C=O) groups is 1. The Bertz CT molecular complexity index is 725. The van der Waals surface area contributed by atoms with Gasteiger partial charge in [-0.3, -0.25) is 14.9 Å². The van der Waals surface area contributed by atoms with Gasteiger partial charge in [0, 0.05) is 36.7 Å². The zero-order valence-electron chi connectivity index (χ0n) is 12.6. The first kappa shape index (κ1) is 15.0. The summed E-state index contributed by atoms with van der Waals surface area (Å²) in [7, 11) is 1.60. The Morgan fingerprint density at radius 1 is 1.13 bits per heavy atom. The molecule has 1 heterocycles. The van der Waals surface area contributed by atoms with Crippen molar-refractivity contribution in [1.29, 1.82) is 0 Å². The molecule has 1 fully saturated rings. The quantitative estimate of drug-likeness (QED) is 0.642. The zero-order valence-corrected chi connectivity index (χ0v) is 12.6. The molecule has 3 rings (SSSR count). The third-order valence-corrected chi connectivity index (χ3v) is 4.08. The highest BCUT2D eigenvalue weighted by Gasteiger charge is 2.31. The average molecular weight is 312 g/mol. The van der Waals surface area contributed by atoms with Gasteiger partial charge in [0.15, 0.2) is 0 Å². The van der Waals surface area contributed by atoms with Gasteiger partial charge in [-0.15, -0.1) is 0 Å². The van der Waals surface area contributed by atoms with Crippen LogP contribution in [0.5, 0.6) is 5.75 Å². The van der Waals surface area contributed by atoms with Crippen molar-refractivity contribution in [3.63, 3.8) is 0 Å². The van der Waals surface area contributed by atoms with E-state index in [4.69, 9.17) is 4.74 Å². The van der Waals surface area contributed by atoms with Crippen molar-refractivity contribution in [3.8, 4) is 5.75 Å². The molecule has 2 aromatic rings. The van der Waals surface area contributed by atoms with Gasteiger partial charge in [0.2, 0.25) is 5.91 Å². The Morgan fingerprint density at radius 3 is 2.35 bits per heavy atom. The highest BCUT2D eigenvalue weighted by atomic mass is 16.6. The third-order valence-electron chi connectivity index (χ3n) is 4.08. The second-order valence-electron chi connectivity index (χ2n) is 5.45. The van der Waals surface area contributed by atoms with Crippen LogP contribution in [0.2, 0.25) is 0 Å². The van der Waals surface area contributed by atoms with E-state index in [1.807, 2.05) is 24.3 Å². The van der Waals surface area contributed by atoms with Crippen LogP contribution in [-0.4, -0.2) is 24.5 Å². The SMILES string of the molecule is COc1ccc(N2C[C@@H](c3ccc([N+](=O)[O-])cc3)CC2=O)cc1. The Hall–Kier alpha value is -2.89. The van der Waals surface area contributed by atoms with Gasteiger partial charge in [-0.1, -0.05) is 12.1 Å². The van der Waals surface area contributed by atoms with Crippen LogP contribution in [0.15, 0.2) is 48.5 Å². The number of nitrogens with zero attached hydrogens (tertiary/aromatic N) is 2. The van der Waals surface area contributed by atoms with Crippen LogP contribution >= 0.6 is 0 Å². The fraction of sp³-hybridized carbons (Fsp3) is 0.235. The first-order chi connectivity index (χ1) is 11.1. The predicted molar refractivity (Wildman–Crippen MR) is 85.8 cm³/mol. The topological polar surface area (TPSA) is 72.7 Å². The van der Waals surface area contributed by atoms with Crippen LogP contribution in [0.4, 0.5) is 11.4 Å². The van der Waals surface area contributed by atoms with E-state index in [0.717, 1.165) is 17.0 Å². The molecule has 23 heavy (non-hydrogen) atoms. The normalized spacial score (nSPS) is 17.3. The number of nitro groups is 1. The summed E-state index contributed by atoms with van der Waals surface area (Å²) in [6.45, 7) is 0.572. The first-order valence-electron chi connectivity index (χ1n) is 7.27. The van der Waals surface area contributed by atoms with Crippen molar-refractivity contribution in [3.05, 3.63) is 64.2 Å². The lowest BCUT2D eigenvalue weighted by atomic mass is 9.98. The van der Waals surface area contributed by atoms with Crippen LogP contribution in [0.3, 0.4) is 0 Å². The van der Waals surface area contributed by atoms with Crippen molar-refractivity contribution < 1.29 is 14.5 Å². The van der Waals surface area contributed by atoms with E-state index in [1.165, 1.54) is 12.1 Å². The second-order valence-corrected chi connectivity index (χ2v) is 5.45. The minimum atomic E-state index is -0.423. The predicted octanol–water partition coefficient (Wildman–Crippen LogP) is 3.12. The van der Waals surface area contributed by atoms with Gasteiger partial charge >= 0.3 is 0 Å². The van der Waals surface area contributed by atoms with Gasteiger partial charge in [-0.2, -0.15) is 0 Å². The molecule has 1 aliphatic heterocycles. The molecule has 1 saturated heterocycles. The summed E-state index contributed by atoms with van der Waals surface area (Å²) in [5.74, 6) is 0.844. The molecule has 118 valence electrons. The summed E-state index contributed by atoms with van der Waals surface area (Å²) in [4.78, 5) is 24.3. The molecule has 6 heteroatoms. The molecule has 6 nitrogen and oxygen atoms in total. The number of hydrogen-bond acceptors (Lipinski definition) is 4. The number of nitro benzene ring substituents is 1. The number of ether oxygens (including phenoxy) is 1. The lowest BCUT2D eigenvalue weighted by molar-refractivity contribution is -0.384. The first-order valence-corrected chi connectivity index (χ1v) is 7.27. The summed E-state index contributed by atoms with van der Waals surface area (Å²) in [5, 5.41) is 10.7.